The molecule has 92 valence electrons. The molecular formula is C13H10Cl2N2O. The third-order valence-electron chi connectivity index (χ3n) is 2.44. The maximum Gasteiger partial charge on any atom is 0.258 e. The molecule has 0 saturated heterocycles. The van der Waals surface area contributed by atoms with E-state index < -0.39 is 0 Å². The lowest BCUT2D eigenvalue weighted by Gasteiger charge is -2.09. The van der Waals surface area contributed by atoms with Crippen LogP contribution in [0.25, 0.3) is 0 Å². The van der Waals surface area contributed by atoms with Crippen molar-refractivity contribution in [3.8, 4) is 0 Å². The summed E-state index contributed by atoms with van der Waals surface area (Å²) in [6, 6.07) is 8.53. The summed E-state index contributed by atoms with van der Waals surface area (Å²) in [5, 5.41) is 3.58. The van der Waals surface area contributed by atoms with Crippen molar-refractivity contribution < 1.29 is 4.79 Å². The molecule has 1 amide bonds. The fourth-order valence-electron chi connectivity index (χ4n) is 1.51. The van der Waals surface area contributed by atoms with Gasteiger partial charge in [-0.25, -0.2) is 4.98 Å². The number of anilines is 1. The second-order valence-electron chi connectivity index (χ2n) is 3.76. The molecule has 0 fully saturated rings. The largest absolute Gasteiger partial charge is 0.322 e. The number of carbonyl (C=O) groups excluding carboxylic acids is 1. The molecule has 0 radical (unpaired) electrons. The van der Waals surface area contributed by atoms with Crippen LogP contribution in [0, 0.1) is 6.92 Å². The maximum atomic E-state index is 12.0. The zero-order valence-electron chi connectivity index (χ0n) is 9.58. The predicted molar refractivity (Wildman–Crippen MR) is 73.4 cm³/mol. The van der Waals surface area contributed by atoms with Crippen molar-refractivity contribution in [2.24, 2.45) is 0 Å². The van der Waals surface area contributed by atoms with E-state index in [0.717, 1.165) is 5.56 Å². The van der Waals surface area contributed by atoms with Crippen molar-refractivity contribution in [1.29, 1.82) is 0 Å². The van der Waals surface area contributed by atoms with Crippen LogP contribution in [0.1, 0.15) is 15.9 Å². The number of amides is 1. The highest BCUT2D eigenvalue weighted by Crippen LogP contribution is 2.21. The molecule has 0 aliphatic rings. The number of benzene rings is 1. The third kappa shape index (κ3) is 2.81. The lowest BCUT2D eigenvalue weighted by Crippen LogP contribution is -2.13. The number of hydrogen-bond donors (Lipinski definition) is 1. The number of nitrogens with zero attached hydrogens (tertiary/aromatic N) is 1. The van der Waals surface area contributed by atoms with Crippen molar-refractivity contribution in [3.05, 3.63) is 57.8 Å². The van der Waals surface area contributed by atoms with Crippen LogP contribution < -0.4 is 5.32 Å². The molecule has 1 N–H and O–H groups in total. The van der Waals surface area contributed by atoms with Crippen molar-refractivity contribution in [1.82, 2.24) is 4.98 Å². The number of rotatable bonds is 2. The molecule has 0 aliphatic carbocycles. The van der Waals surface area contributed by atoms with E-state index in [0.29, 0.717) is 16.3 Å². The van der Waals surface area contributed by atoms with E-state index >= 15 is 0 Å². The van der Waals surface area contributed by atoms with E-state index in [9.17, 15) is 4.79 Å². The van der Waals surface area contributed by atoms with Gasteiger partial charge >= 0.3 is 0 Å². The average Bonchev–Trinajstić information content (AvgIpc) is 2.33. The Bertz CT molecular complexity index is 599. The molecule has 2 rings (SSSR count). The quantitative estimate of drug-likeness (QED) is 0.847. The van der Waals surface area contributed by atoms with Crippen LogP contribution in [0.3, 0.4) is 0 Å². The average molecular weight is 281 g/mol. The van der Waals surface area contributed by atoms with Gasteiger partial charge in [0.25, 0.3) is 5.91 Å². The van der Waals surface area contributed by atoms with Crippen LogP contribution in [0.15, 0.2) is 36.5 Å². The van der Waals surface area contributed by atoms with E-state index in [1.54, 1.807) is 30.3 Å². The fraction of sp³-hybridized carbons (Fsp3) is 0.0769. The topological polar surface area (TPSA) is 42.0 Å². The van der Waals surface area contributed by atoms with Gasteiger partial charge in [0.05, 0.1) is 5.56 Å². The summed E-state index contributed by atoms with van der Waals surface area (Å²) in [5.74, 6) is -0.293. The van der Waals surface area contributed by atoms with Crippen molar-refractivity contribution >= 4 is 34.8 Å². The Labute approximate surface area is 115 Å². The van der Waals surface area contributed by atoms with Crippen LogP contribution >= 0.6 is 23.2 Å². The summed E-state index contributed by atoms with van der Waals surface area (Å²) in [6.45, 7) is 1.87. The monoisotopic (exact) mass is 280 g/mol. The minimum absolute atomic E-state index is 0.182. The molecule has 3 nitrogen and oxygen atoms in total. The molecule has 0 atom stereocenters. The van der Waals surface area contributed by atoms with Crippen LogP contribution in [0.5, 0.6) is 0 Å². The second-order valence-corrected chi connectivity index (χ2v) is 4.55. The Morgan fingerprint density at radius 2 is 2.06 bits per heavy atom. The minimum atomic E-state index is -0.293. The van der Waals surface area contributed by atoms with Gasteiger partial charge in [-0.05, 0) is 42.8 Å². The van der Waals surface area contributed by atoms with Crippen molar-refractivity contribution in [2.75, 3.05) is 5.32 Å². The third-order valence-corrected chi connectivity index (χ3v) is 2.98. The van der Waals surface area contributed by atoms with E-state index in [1.807, 2.05) is 6.92 Å². The highest BCUT2D eigenvalue weighted by atomic mass is 35.5. The smallest absolute Gasteiger partial charge is 0.258 e. The summed E-state index contributed by atoms with van der Waals surface area (Å²) in [6.07, 6.45) is 1.53. The van der Waals surface area contributed by atoms with Crippen LogP contribution in [-0.2, 0) is 0 Å². The number of hydrogen-bond acceptors (Lipinski definition) is 2. The number of halogens is 2. The molecule has 1 aromatic heterocycles. The van der Waals surface area contributed by atoms with Gasteiger partial charge in [0, 0.05) is 16.9 Å². The molecule has 1 heterocycles. The van der Waals surface area contributed by atoms with Crippen molar-refractivity contribution in [3.63, 3.8) is 0 Å². The highest BCUT2D eigenvalue weighted by Gasteiger charge is 2.11. The number of aryl methyl sites for hydroxylation is 1. The van der Waals surface area contributed by atoms with Gasteiger partial charge in [-0.2, -0.15) is 0 Å². The maximum absolute atomic E-state index is 12.0. The fourth-order valence-corrected chi connectivity index (χ4v) is 1.94. The normalized spacial score (nSPS) is 10.2. The first kappa shape index (κ1) is 12.9. The van der Waals surface area contributed by atoms with Gasteiger partial charge < -0.3 is 5.32 Å². The first-order valence-electron chi connectivity index (χ1n) is 5.26. The Morgan fingerprint density at radius 3 is 2.72 bits per heavy atom. The van der Waals surface area contributed by atoms with Gasteiger partial charge in [0.2, 0.25) is 0 Å². The van der Waals surface area contributed by atoms with Gasteiger partial charge in [-0.1, -0.05) is 23.2 Å². The zero-order chi connectivity index (χ0) is 13.1. The number of pyridine rings is 1. The second kappa shape index (κ2) is 5.38. The molecular weight excluding hydrogens is 271 g/mol. The van der Waals surface area contributed by atoms with Crippen LogP contribution in [0.4, 0.5) is 5.69 Å². The van der Waals surface area contributed by atoms with Crippen LogP contribution in [0.2, 0.25) is 10.2 Å². The van der Waals surface area contributed by atoms with Gasteiger partial charge in [-0.3, -0.25) is 4.79 Å². The van der Waals surface area contributed by atoms with Crippen molar-refractivity contribution in [2.45, 2.75) is 6.92 Å². The lowest BCUT2D eigenvalue weighted by molar-refractivity contribution is 0.102. The van der Waals surface area contributed by atoms with E-state index in [4.69, 9.17) is 23.2 Å². The molecule has 0 saturated carbocycles. The first-order valence-corrected chi connectivity index (χ1v) is 6.01. The number of nitrogens with one attached hydrogen (secondary N) is 1. The van der Waals surface area contributed by atoms with Crippen LogP contribution in [-0.4, -0.2) is 10.9 Å². The summed E-state index contributed by atoms with van der Waals surface area (Å²) in [4.78, 5) is 15.9. The predicted octanol–water partition coefficient (Wildman–Crippen LogP) is 3.95. The molecule has 5 heteroatoms. The Morgan fingerprint density at radius 1 is 1.28 bits per heavy atom. The molecule has 0 spiro atoms. The first-order chi connectivity index (χ1) is 8.58. The van der Waals surface area contributed by atoms with Gasteiger partial charge in [0.15, 0.2) is 0 Å². The summed E-state index contributed by atoms with van der Waals surface area (Å²) >= 11 is 11.7. The van der Waals surface area contributed by atoms with E-state index in [1.165, 1.54) is 6.20 Å². The highest BCUT2D eigenvalue weighted by molar-refractivity contribution is 6.33. The molecule has 1 aromatic carbocycles. The molecule has 0 aliphatic heterocycles. The number of aromatic nitrogens is 1. The standard InChI is InChI=1S/C13H10Cl2N2O/c1-8-7-9(14)4-5-11(8)17-13(18)10-3-2-6-16-12(10)15/h2-7H,1H3,(H,17,18). The SMILES string of the molecule is Cc1cc(Cl)ccc1NC(=O)c1cccnc1Cl. The summed E-state index contributed by atoms with van der Waals surface area (Å²) < 4.78 is 0. The Hall–Kier alpha value is -1.58. The molecule has 2 aromatic rings. The molecule has 0 unspecified atom stereocenters. The molecule has 18 heavy (non-hydrogen) atoms. The Kier molecular flexibility index (Phi) is 3.84. The minimum Gasteiger partial charge on any atom is -0.322 e. The summed E-state index contributed by atoms with van der Waals surface area (Å²) in [5.41, 5.74) is 1.92. The zero-order valence-corrected chi connectivity index (χ0v) is 11.1. The van der Waals surface area contributed by atoms with Gasteiger partial charge in [-0.15, -0.1) is 0 Å². The summed E-state index contributed by atoms with van der Waals surface area (Å²) in [7, 11) is 0. The van der Waals surface area contributed by atoms with E-state index in [-0.39, 0.29) is 11.1 Å². The Balaban J connectivity index is 2.24. The molecule has 0 bridgehead atoms. The van der Waals surface area contributed by atoms with E-state index in [2.05, 4.69) is 10.3 Å². The van der Waals surface area contributed by atoms with Gasteiger partial charge in [0.1, 0.15) is 5.15 Å². The lowest BCUT2D eigenvalue weighted by atomic mass is 10.2. The number of carbonyl (C=O) groups is 1.